The summed E-state index contributed by atoms with van der Waals surface area (Å²) in [5, 5.41) is 3.02. The van der Waals surface area contributed by atoms with E-state index < -0.39 is 0 Å². The van der Waals surface area contributed by atoms with Crippen LogP contribution < -0.4 is 5.32 Å². The monoisotopic (exact) mass is 302 g/mol. The third-order valence-corrected chi connectivity index (χ3v) is 4.34. The van der Waals surface area contributed by atoms with Crippen molar-refractivity contribution in [3.63, 3.8) is 0 Å². The summed E-state index contributed by atoms with van der Waals surface area (Å²) in [4.78, 5) is 14.3. The summed E-state index contributed by atoms with van der Waals surface area (Å²) >= 11 is 0. The van der Waals surface area contributed by atoms with Gasteiger partial charge in [-0.25, -0.2) is 0 Å². The van der Waals surface area contributed by atoms with E-state index in [2.05, 4.69) is 41.4 Å². The fourth-order valence-electron chi connectivity index (χ4n) is 3.02. The number of carbonyl (C=O) groups excluding carboxylic acids is 1. The summed E-state index contributed by atoms with van der Waals surface area (Å²) in [6.07, 6.45) is 8.09. The first-order chi connectivity index (χ1) is 10.8. The lowest BCUT2D eigenvalue weighted by Crippen LogP contribution is -2.24. The smallest absolute Gasteiger partial charge is 0.220 e. The zero-order chi connectivity index (χ0) is 15.6. The molecule has 0 bridgehead atoms. The van der Waals surface area contributed by atoms with Gasteiger partial charge < -0.3 is 5.32 Å². The summed E-state index contributed by atoms with van der Waals surface area (Å²) in [6.45, 7) is 6.24. The fourth-order valence-corrected chi connectivity index (χ4v) is 3.02. The van der Waals surface area contributed by atoms with Crippen LogP contribution in [0.1, 0.15) is 63.0 Å². The molecular formula is C19H30N2O. The van der Waals surface area contributed by atoms with Gasteiger partial charge >= 0.3 is 0 Å². The minimum atomic E-state index is 0.166. The Labute approximate surface area is 135 Å². The van der Waals surface area contributed by atoms with E-state index in [4.69, 9.17) is 0 Å². The second-order valence-electron chi connectivity index (χ2n) is 6.39. The molecule has 0 spiro atoms. The first kappa shape index (κ1) is 17.0. The van der Waals surface area contributed by atoms with Crippen LogP contribution in [0, 0.1) is 0 Å². The third kappa shape index (κ3) is 6.18. The van der Waals surface area contributed by atoms with E-state index >= 15 is 0 Å². The number of likely N-dealkylation sites (tertiary alicyclic amines) is 1. The molecular weight excluding hydrogens is 272 g/mol. The minimum Gasteiger partial charge on any atom is -0.352 e. The van der Waals surface area contributed by atoms with Crippen LogP contribution in [0.15, 0.2) is 24.3 Å². The average Bonchev–Trinajstić information content (AvgIpc) is 2.80. The van der Waals surface area contributed by atoms with Crippen LogP contribution in [0.5, 0.6) is 0 Å². The molecule has 3 heteroatoms. The van der Waals surface area contributed by atoms with Crippen LogP contribution in [0.2, 0.25) is 0 Å². The molecule has 1 aromatic carbocycles. The van der Waals surface area contributed by atoms with Crippen molar-refractivity contribution in [2.24, 2.45) is 0 Å². The lowest BCUT2D eigenvalue weighted by molar-refractivity contribution is -0.121. The molecule has 0 unspecified atom stereocenters. The largest absolute Gasteiger partial charge is 0.352 e. The predicted molar refractivity (Wildman–Crippen MR) is 91.6 cm³/mol. The molecule has 0 saturated carbocycles. The predicted octanol–water partition coefficient (Wildman–Crippen LogP) is 3.87. The van der Waals surface area contributed by atoms with Crippen LogP contribution in [-0.2, 0) is 17.9 Å². The zero-order valence-corrected chi connectivity index (χ0v) is 13.9. The standard InChI is InChI=1S/C19H30N2O/c1-2-3-11-19(22)20-15-17-9-8-10-18(14-17)16-21-12-6-4-5-7-13-21/h8-10,14H,2-7,11-13,15-16H2,1H3,(H,20,22). The van der Waals surface area contributed by atoms with Gasteiger partial charge in [-0.05, 0) is 43.5 Å². The summed E-state index contributed by atoms with van der Waals surface area (Å²) in [7, 11) is 0. The molecule has 0 aromatic heterocycles. The normalized spacial score (nSPS) is 16.2. The van der Waals surface area contributed by atoms with Crippen molar-refractivity contribution in [3.8, 4) is 0 Å². The molecule has 1 aliphatic rings. The first-order valence-electron chi connectivity index (χ1n) is 8.85. The van der Waals surface area contributed by atoms with Gasteiger partial charge in [-0.15, -0.1) is 0 Å². The molecule has 1 saturated heterocycles. The molecule has 1 aromatic rings. The molecule has 0 aliphatic carbocycles. The number of carbonyl (C=O) groups is 1. The Morgan fingerprint density at radius 3 is 2.59 bits per heavy atom. The van der Waals surface area contributed by atoms with E-state index in [0.29, 0.717) is 13.0 Å². The maximum absolute atomic E-state index is 11.7. The van der Waals surface area contributed by atoms with E-state index in [1.165, 1.54) is 49.9 Å². The van der Waals surface area contributed by atoms with Crippen molar-refractivity contribution >= 4 is 5.91 Å². The second-order valence-corrected chi connectivity index (χ2v) is 6.39. The Hall–Kier alpha value is -1.35. The van der Waals surface area contributed by atoms with Gasteiger partial charge in [0.15, 0.2) is 0 Å². The van der Waals surface area contributed by atoms with Crippen molar-refractivity contribution in [2.75, 3.05) is 13.1 Å². The molecule has 22 heavy (non-hydrogen) atoms. The molecule has 0 atom stereocenters. The molecule has 1 amide bonds. The van der Waals surface area contributed by atoms with Crippen molar-refractivity contribution < 1.29 is 4.79 Å². The Morgan fingerprint density at radius 2 is 1.86 bits per heavy atom. The Balaban J connectivity index is 1.82. The van der Waals surface area contributed by atoms with Crippen LogP contribution in [0.25, 0.3) is 0 Å². The number of hydrogen-bond donors (Lipinski definition) is 1. The molecule has 3 nitrogen and oxygen atoms in total. The van der Waals surface area contributed by atoms with Gasteiger partial charge in [0.2, 0.25) is 5.91 Å². The maximum atomic E-state index is 11.7. The molecule has 1 aliphatic heterocycles. The van der Waals surface area contributed by atoms with E-state index in [1.54, 1.807) is 0 Å². The topological polar surface area (TPSA) is 32.3 Å². The maximum Gasteiger partial charge on any atom is 0.220 e. The second kappa shape index (κ2) is 9.62. The van der Waals surface area contributed by atoms with Gasteiger partial charge in [-0.3, -0.25) is 9.69 Å². The Bertz CT molecular complexity index is 451. The zero-order valence-electron chi connectivity index (χ0n) is 13.9. The highest BCUT2D eigenvalue weighted by molar-refractivity contribution is 5.75. The number of hydrogen-bond acceptors (Lipinski definition) is 2. The highest BCUT2D eigenvalue weighted by Crippen LogP contribution is 2.14. The Morgan fingerprint density at radius 1 is 1.14 bits per heavy atom. The van der Waals surface area contributed by atoms with Crippen molar-refractivity contribution in [3.05, 3.63) is 35.4 Å². The molecule has 122 valence electrons. The summed E-state index contributed by atoms with van der Waals surface area (Å²) in [5.41, 5.74) is 2.57. The van der Waals surface area contributed by atoms with E-state index in [1.807, 2.05) is 0 Å². The quantitative estimate of drug-likeness (QED) is 0.829. The van der Waals surface area contributed by atoms with Gasteiger partial charge in [-0.1, -0.05) is 50.5 Å². The van der Waals surface area contributed by atoms with Crippen LogP contribution in [-0.4, -0.2) is 23.9 Å². The highest BCUT2D eigenvalue weighted by atomic mass is 16.1. The van der Waals surface area contributed by atoms with Crippen LogP contribution in [0.4, 0.5) is 0 Å². The number of nitrogens with zero attached hydrogens (tertiary/aromatic N) is 1. The lowest BCUT2D eigenvalue weighted by atomic mass is 10.1. The lowest BCUT2D eigenvalue weighted by Gasteiger charge is -2.20. The van der Waals surface area contributed by atoms with Gasteiger partial charge in [0, 0.05) is 19.5 Å². The van der Waals surface area contributed by atoms with Crippen molar-refractivity contribution in [1.82, 2.24) is 10.2 Å². The molecule has 1 heterocycles. The van der Waals surface area contributed by atoms with Gasteiger partial charge in [0.05, 0.1) is 0 Å². The minimum absolute atomic E-state index is 0.166. The summed E-state index contributed by atoms with van der Waals surface area (Å²) in [5.74, 6) is 0.166. The number of nitrogens with one attached hydrogen (secondary N) is 1. The fraction of sp³-hybridized carbons (Fsp3) is 0.632. The summed E-state index contributed by atoms with van der Waals surface area (Å²) in [6, 6.07) is 8.66. The number of amides is 1. The highest BCUT2D eigenvalue weighted by Gasteiger charge is 2.09. The van der Waals surface area contributed by atoms with Gasteiger partial charge in [-0.2, -0.15) is 0 Å². The molecule has 1 fully saturated rings. The van der Waals surface area contributed by atoms with E-state index in [9.17, 15) is 4.79 Å². The molecule has 0 radical (unpaired) electrons. The SMILES string of the molecule is CCCCC(=O)NCc1cccc(CN2CCCCCC2)c1. The summed E-state index contributed by atoms with van der Waals surface area (Å²) < 4.78 is 0. The van der Waals surface area contributed by atoms with E-state index in [-0.39, 0.29) is 5.91 Å². The third-order valence-electron chi connectivity index (χ3n) is 4.34. The Kier molecular flexibility index (Phi) is 7.44. The van der Waals surface area contributed by atoms with Gasteiger partial charge in [0.1, 0.15) is 0 Å². The number of benzene rings is 1. The van der Waals surface area contributed by atoms with Gasteiger partial charge in [0.25, 0.3) is 0 Å². The van der Waals surface area contributed by atoms with Crippen LogP contribution in [0.3, 0.4) is 0 Å². The average molecular weight is 302 g/mol. The van der Waals surface area contributed by atoms with Crippen molar-refractivity contribution in [1.29, 1.82) is 0 Å². The molecule has 2 rings (SSSR count). The number of unbranched alkanes of at least 4 members (excludes halogenated alkanes) is 1. The first-order valence-corrected chi connectivity index (χ1v) is 8.85. The van der Waals surface area contributed by atoms with Crippen LogP contribution >= 0.6 is 0 Å². The molecule has 1 N–H and O–H groups in total. The van der Waals surface area contributed by atoms with Crippen molar-refractivity contribution in [2.45, 2.75) is 65.0 Å². The number of rotatable bonds is 7. The van der Waals surface area contributed by atoms with E-state index in [0.717, 1.165) is 19.4 Å².